The number of pyridine rings is 1. The van der Waals surface area contributed by atoms with E-state index in [1.807, 2.05) is 12.1 Å². The number of ether oxygens (including phenoxy) is 1. The molecule has 1 heterocycles. The molecule has 0 aliphatic carbocycles. The number of nitrogens with zero attached hydrogens (tertiary/aromatic N) is 1. The van der Waals surface area contributed by atoms with Gasteiger partial charge in [-0.05, 0) is 19.1 Å². The van der Waals surface area contributed by atoms with Crippen LogP contribution < -0.4 is 0 Å². The fraction of sp³-hybridized carbons (Fsp3) is 0.286. The van der Waals surface area contributed by atoms with Crippen molar-refractivity contribution in [2.75, 3.05) is 6.61 Å². The Labute approximate surface area is 109 Å². The Balaban J connectivity index is 2.25. The molecular weight excluding hydrogens is 249 g/mol. The Morgan fingerprint density at radius 2 is 2.11 bits per heavy atom. The molecule has 19 heavy (non-hydrogen) atoms. The lowest BCUT2D eigenvalue weighted by Crippen LogP contribution is -2.26. The molecule has 2 atom stereocenters. The van der Waals surface area contributed by atoms with E-state index in [0.29, 0.717) is 5.52 Å². The molecule has 0 fully saturated rings. The number of fused-ring (bicyclic) bond motifs is 1. The molecule has 0 aliphatic heterocycles. The van der Waals surface area contributed by atoms with Gasteiger partial charge in [-0.3, -0.25) is 0 Å². The van der Waals surface area contributed by atoms with Gasteiger partial charge in [-0.25, -0.2) is 14.2 Å². The first-order valence-electron chi connectivity index (χ1n) is 5.98. The number of aliphatic hydroxyl groups is 1. The number of rotatable bonds is 4. The minimum absolute atomic E-state index is 0.0666. The van der Waals surface area contributed by atoms with Crippen molar-refractivity contribution in [1.82, 2.24) is 4.98 Å². The maximum absolute atomic E-state index is 13.7. The smallest absolute Gasteiger partial charge is 0.343 e. The molecular formula is C14H14FNO3. The van der Waals surface area contributed by atoms with Gasteiger partial charge in [0.25, 0.3) is 0 Å². The molecule has 4 nitrogen and oxygen atoms in total. The highest BCUT2D eigenvalue weighted by Gasteiger charge is 2.30. The fourth-order valence-electron chi connectivity index (χ4n) is 1.75. The van der Waals surface area contributed by atoms with Crippen molar-refractivity contribution in [2.45, 2.75) is 19.2 Å². The third kappa shape index (κ3) is 2.88. The number of carbonyl (C=O) groups is 1. The Morgan fingerprint density at radius 3 is 2.84 bits per heavy atom. The molecule has 2 rings (SSSR count). The predicted molar refractivity (Wildman–Crippen MR) is 68.2 cm³/mol. The van der Waals surface area contributed by atoms with Crippen LogP contribution in [0.1, 0.15) is 18.7 Å². The Morgan fingerprint density at radius 1 is 1.37 bits per heavy atom. The number of carbonyl (C=O) groups excluding carboxylic acids is 1. The van der Waals surface area contributed by atoms with E-state index >= 15 is 0 Å². The maximum Gasteiger partial charge on any atom is 0.343 e. The summed E-state index contributed by atoms with van der Waals surface area (Å²) in [6.45, 7) is 1.64. The monoisotopic (exact) mass is 263 g/mol. The van der Waals surface area contributed by atoms with Gasteiger partial charge in [0.1, 0.15) is 6.10 Å². The summed E-state index contributed by atoms with van der Waals surface area (Å²) in [6.07, 6.45) is -3.75. The molecule has 0 bridgehead atoms. The number of halogens is 1. The normalized spacial score (nSPS) is 14.1. The van der Waals surface area contributed by atoms with Crippen molar-refractivity contribution in [2.24, 2.45) is 0 Å². The van der Waals surface area contributed by atoms with Gasteiger partial charge in [0.2, 0.25) is 6.17 Å². The summed E-state index contributed by atoms with van der Waals surface area (Å²) in [7, 11) is 0. The SMILES string of the molecule is CCOC(=O)[C@H](F)[C@@H](O)c1ccc2ccccc2n1. The average Bonchev–Trinajstić information content (AvgIpc) is 2.45. The van der Waals surface area contributed by atoms with Gasteiger partial charge in [0.15, 0.2) is 0 Å². The first-order chi connectivity index (χ1) is 9.13. The molecule has 0 aliphatic rings. The van der Waals surface area contributed by atoms with Crippen molar-refractivity contribution in [3.63, 3.8) is 0 Å². The van der Waals surface area contributed by atoms with Crippen molar-refractivity contribution in [3.8, 4) is 0 Å². The minimum atomic E-state index is -2.13. The lowest BCUT2D eigenvalue weighted by atomic mass is 10.1. The number of hydrogen-bond acceptors (Lipinski definition) is 4. The molecule has 0 amide bonds. The zero-order valence-electron chi connectivity index (χ0n) is 10.4. The van der Waals surface area contributed by atoms with Crippen LogP contribution in [0.25, 0.3) is 10.9 Å². The Hall–Kier alpha value is -2.01. The zero-order valence-corrected chi connectivity index (χ0v) is 10.4. The van der Waals surface area contributed by atoms with Crippen molar-refractivity contribution < 1.29 is 19.0 Å². The summed E-state index contributed by atoms with van der Waals surface area (Å²) in [5, 5.41) is 10.7. The van der Waals surface area contributed by atoms with Crippen LogP contribution in [0.4, 0.5) is 4.39 Å². The van der Waals surface area contributed by atoms with Crippen LogP contribution in [0, 0.1) is 0 Å². The van der Waals surface area contributed by atoms with Crippen LogP contribution in [-0.4, -0.2) is 28.8 Å². The van der Waals surface area contributed by atoms with E-state index in [1.165, 1.54) is 6.07 Å². The standard InChI is InChI=1S/C14H14FNO3/c1-2-19-14(18)12(15)13(17)11-8-7-9-5-3-4-6-10(9)16-11/h3-8,12-13,17H,2H2,1H3/t12-,13+/m1/s1. The third-order valence-corrected chi connectivity index (χ3v) is 2.71. The number of aromatic nitrogens is 1. The summed E-state index contributed by atoms with van der Waals surface area (Å²) in [4.78, 5) is 15.4. The van der Waals surface area contributed by atoms with Crippen molar-refractivity contribution in [1.29, 1.82) is 0 Å². The lowest BCUT2D eigenvalue weighted by molar-refractivity contribution is -0.153. The quantitative estimate of drug-likeness (QED) is 0.859. The van der Waals surface area contributed by atoms with Crippen LogP contribution in [0.5, 0.6) is 0 Å². The third-order valence-electron chi connectivity index (χ3n) is 2.71. The van der Waals surface area contributed by atoms with Gasteiger partial charge in [0, 0.05) is 5.39 Å². The van der Waals surface area contributed by atoms with Crippen LogP contribution >= 0.6 is 0 Å². The van der Waals surface area contributed by atoms with Gasteiger partial charge in [0.05, 0.1) is 17.8 Å². The molecule has 0 spiro atoms. The van der Waals surface area contributed by atoms with Gasteiger partial charge in [-0.1, -0.05) is 24.3 Å². The van der Waals surface area contributed by atoms with E-state index in [1.54, 1.807) is 25.1 Å². The van der Waals surface area contributed by atoms with Gasteiger partial charge >= 0.3 is 5.97 Å². The second kappa shape index (κ2) is 5.75. The topological polar surface area (TPSA) is 59.4 Å². The molecule has 1 N–H and O–H groups in total. The van der Waals surface area contributed by atoms with E-state index < -0.39 is 18.2 Å². The summed E-state index contributed by atoms with van der Waals surface area (Å²) < 4.78 is 18.2. The number of esters is 1. The minimum Gasteiger partial charge on any atom is -0.464 e. The number of alkyl halides is 1. The number of hydrogen-bond donors (Lipinski definition) is 1. The molecule has 100 valence electrons. The molecule has 2 aromatic rings. The molecule has 1 aromatic carbocycles. The van der Waals surface area contributed by atoms with Crippen molar-refractivity contribution in [3.05, 3.63) is 42.1 Å². The van der Waals surface area contributed by atoms with E-state index in [0.717, 1.165) is 5.39 Å². The Kier molecular flexibility index (Phi) is 4.06. The number of aliphatic hydroxyl groups excluding tert-OH is 1. The fourth-order valence-corrected chi connectivity index (χ4v) is 1.75. The summed E-state index contributed by atoms with van der Waals surface area (Å²) in [5.74, 6) is -1.08. The van der Waals surface area contributed by atoms with E-state index in [4.69, 9.17) is 0 Å². The zero-order chi connectivity index (χ0) is 13.8. The summed E-state index contributed by atoms with van der Waals surface area (Å²) in [6, 6.07) is 10.5. The molecule has 0 radical (unpaired) electrons. The van der Waals surface area contributed by atoms with E-state index in [-0.39, 0.29) is 12.3 Å². The first kappa shape index (κ1) is 13.4. The van der Waals surface area contributed by atoms with Gasteiger partial charge in [-0.15, -0.1) is 0 Å². The largest absolute Gasteiger partial charge is 0.464 e. The molecule has 1 aromatic heterocycles. The Bertz CT molecular complexity index is 588. The maximum atomic E-state index is 13.7. The van der Waals surface area contributed by atoms with Crippen LogP contribution in [-0.2, 0) is 9.53 Å². The molecule has 0 saturated carbocycles. The lowest BCUT2D eigenvalue weighted by Gasteiger charge is -2.14. The van der Waals surface area contributed by atoms with E-state index in [2.05, 4.69) is 9.72 Å². The summed E-state index contributed by atoms with van der Waals surface area (Å²) >= 11 is 0. The number of para-hydroxylation sites is 1. The van der Waals surface area contributed by atoms with Crippen LogP contribution in [0.3, 0.4) is 0 Å². The number of benzene rings is 1. The molecule has 5 heteroatoms. The van der Waals surface area contributed by atoms with Crippen LogP contribution in [0.2, 0.25) is 0 Å². The molecule has 0 saturated heterocycles. The second-order valence-corrected chi connectivity index (χ2v) is 4.03. The van der Waals surface area contributed by atoms with E-state index in [9.17, 15) is 14.3 Å². The predicted octanol–water partition coefficient (Wildman–Crippen LogP) is 2.17. The highest BCUT2D eigenvalue weighted by Crippen LogP contribution is 2.21. The summed E-state index contributed by atoms with van der Waals surface area (Å²) in [5.41, 5.74) is 0.745. The highest BCUT2D eigenvalue weighted by molar-refractivity contribution is 5.79. The van der Waals surface area contributed by atoms with Gasteiger partial charge in [-0.2, -0.15) is 0 Å². The first-order valence-corrected chi connectivity index (χ1v) is 5.98. The highest BCUT2D eigenvalue weighted by atomic mass is 19.1. The van der Waals surface area contributed by atoms with Crippen LogP contribution in [0.15, 0.2) is 36.4 Å². The van der Waals surface area contributed by atoms with Gasteiger partial charge < -0.3 is 9.84 Å². The average molecular weight is 263 g/mol. The molecule has 0 unspecified atom stereocenters. The second-order valence-electron chi connectivity index (χ2n) is 4.03. The van der Waals surface area contributed by atoms with Crippen molar-refractivity contribution >= 4 is 16.9 Å².